The molecule has 1 fully saturated rings. The van der Waals surface area contributed by atoms with Gasteiger partial charge in [-0.2, -0.15) is 0 Å². The highest BCUT2D eigenvalue weighted by Crippen LogP contribution is 2.31. The molecule has 0 aliphatic heterocycles. The van der Waals surface area contributed by atoms with Crippen LogP contribution in [0, 0.1) is 11.8 Å². The molecule has 1 rings (SSSR count). The van der Waals surface area contributed by atoms with Gasteiger partial charge in [-0.15, -0.1) is 0 Å². The number of primary amides is 1. The van der Waals surface area contributed by atoms with Gasteiger partial charge in [-0.25, -0.2) is 4.79 Å². The molecule has 6 nitrogen and oxygen atoms in total. The fraction of sp³-hybridized carbons (Fsp3) is 0.857. The summed E-state index contributed by atoms with van der Waals surface area (Å²) in [7, 11) is 0. The van der Waals surface area contributed by atoms with Crippen LogP contribution in [0.4, 0.5) is 4.79 Å². The molecular weight excluding hydrogens is 258 g/mol. The first-order chi connectivity index (χ1) is 9.29. The number of aliphatic hydroxyl groups excluding tert-OH is 1. The lowest BCUT2D eigenvalue weighted by molar-refractivity contribution is -0.127. The van der Waals surface area contributed by atoms with Crippen LogP contribution in [0.3, 0.4) is 0 Å². The normalized spacial score (nSPS) is 27.9. The first-order valence-electron chi connectivity index (χ1n) is 7.28. The van der Waals surface area contributed by atoms with Gasteiger partial charge in [0, 0.05) is 0 Å². The number of hydrogen-bond acceptors (Lipinski definition) is 3. The van der Waals surface area contributed by atoms with Crippen molar-refractivity contribution in [3.8, 4) is 0 Å². The predicted octanol–water partition coefficient (Wildman–Crippen LogP) is 0.737. The van der Waals surface area contributed by atoms with Gasteiger partial charge >= 0.3 is 6.03 Å². The van der Waals surface area contributed by atoms with Crippen LogP contribution in [0.25, 0.3) is 0 Å². The number of urea groups is 1. The molecule has 0 aromatic heterocycles. The smallest absolute Gasteiger partial charge is 0.312 e. The van der Waals surface area contributed by atoms with E-state index in [9.17, 15) is 14.7 Å². The second kappa shape index (κ2) is 6.92. The van der Waals surface area contributed by atoms with Crippen LogP contribution in [0.1, 0.15) is 46.5 Å². The van der Waals surface area contributed by atoms with Gasteiger partial charge in [0.15, 0.2) is 0 Å². The summed E-state index contributed by atoms with van der Waals surface area (Å²) in [6.45, 7) is 5.78. The van der Waals surface area contributed by atoms with Crippen molar-refractivity contribution >= 4 is 11.9 Å². The average molecular weight is 285 g/mol. The third kappa shape index (κ3) is 4.37. The Morgan fingerprint density at radius 3 is 2.30 bits per heavy atom. The monoisotopic (exact) mass is 285 g/mol. The van der Waals surface area contributed by atoms with Crippen LogP contribution >= 0.6 is 0 Å². The molecule has 0 aromatic carbocycles. The zero-order valence-corrected chi connectivity index (χ0v) is 12.6. The zero-order chi connectivity index (χ0) is 15.3. The van der Waals surface area contributed by atoms with E-state index >= 15 is 0 Å². The number of hydrogen-bond donors (Lipinski definition) is 4. The quantitative estimate of drug-likeness (QED) is 0.598. The van der Waals surface area contributed by atoms with Crippen molar-refractivity contribution in [3.05, 3.63) is 0 Å². The van der Waals surface area contributed by atoms with Crippen molar-refractivity contribution in [1.82, 2.24) is 10.6 Å². The van der Waals surface area contributed by atoms with E-state index in [0.717, 1.165) is 25.7 Å². The lowest BCUT2D eigenvalue weighted by Crippen LogP contribution is -2.60. The van der Waals surface area contributed by atoms with Gasteiger partial charge in [-0.05, 0) is 37.5 Å². The lowest BCUT2D eigenvalue weighted by atomic mass is 9.77. The summed E-state index contributed by atoms with van der Waals surface area (Å²) in [5.74, 6) is 0.277. The van der Waals surface area contributed by atoms with E-state index in [1.54, 1.807) is 0 Å². The highest BCUT2D eigenvalue weighted by atomic mass is 16.3. The third-order valence-electron chi connectivity index (χ3n) is 4.17. The number of aliphatic hydroxyl groups is 1. The van der Waals surface area contributed by atoms with Crippen LogP contribution in [0.5, 0.6) is 0 Å². The molecule has 5 N–H and O–H groups in total. The van der Waals surface area contributed by atoms with E-state index in [-0.39, 0.29) is 18.4 Å². The number of carbonyl (C=O) groups is 2. The molecule has 1 aliphatic rings. The standard InChI is InChI=1S/C14H27N3O3/c1-9(2)11(16-13(15)20)12(19)17-14(8-18)6-4-10(3)5-7-14/h9-11,18H,4-8H2,1-3H3,(H,17,19)(H3,15,16,20). The Kier molecular flexibility index (Phi) is 5.80. The fourth-order valence-corrected chi connectivity index (χ4v) is 2.66. The highest BCUT2D eigenvalue weighted by Gasteiger charge is 2.37. The summed E-state index contributed by atoms with van der Waals surface area (Å²) in [6.07, 6.45) is 3.49. The minimum Gasteiger partial charge on any atom is -0.394 e. The Balaban J connectivity index is 2.72. The van der Waals surface area contributed by atoms with Crippen LogP contribution in [0.2, 0.25) is 0 Å². The van der Waals surface area contributed by atoms with Crippen molar-refractivity contribution < 1.29 is 14.7 Å². The Morgan fingerprint density at radius 2 is 1.90 bits per heavy atom. The number of nitrogens with two attached hydrogens (primary N) is 1. The molecule has 0 bridgehead atoms. The van der Waals surface area contributed by atoms with Crippen molar-refractivity contribution in [1.29, 1.82) is 0 Å². The lowest BCUT2D eigenvalue weighted by Gasteiger charge is -2.40. The number of rotatable bonds is 5. The van der Waals surface area contributed by atoms with Gasteiger partial charge in [0.25, 0.3) is 0 Å². The summed E-state index contributed by atoms with van der Waals surface area (Å²) in [5, 5.41) is 15.0. The summed E-state index contributed by atoms with van der Waals surface area (Å²) >= 11 is 0. The maximum atomic E-state index is 12.3. The molecule has 1 atom stereocenters. The molecule has 116 valence electrons. The Bertz CT molecular complexity index is 350. The minimum atomic E-state index is -0.714. The predicted molar refractivity (Wildman–Crippen MR) is 76.9 cm³/mol. The van der Waals surface area contributed by atoms with Gasteiger partial charge < -0.3 is 21.5 Å². The first kappa shape index (κ1) is 16.8. The molecule has 0 saturated heterocycles. The van der Waals surface area contributed by atoms with Crippen molar-refractivity contribution in [2.45, 2.75) is 58.0 Å². The zero-order valence-electron chi connectivity index (χ0n) is 12.6. The van der Waals surface area contributed by atoms with E-state index in [2.05, 4.69) is 17.6 Å². The molecular formula is C14H27N3O3. The third-order valence-corrected chi connectivity index (χ3v) is 4.17. The van der Waals surface area contributed by atoms with Gasteiger partial charge in [-0.3, -0.25) is 4.79 Å². The number of amides is 3. The Hall–Kier alpha value is -1.30. The maximum absolute atomic E-state index is 12.3. The molecule has 3 amide bonds. The van der Waals surface area contributed by atoms with Crippen LogP contribution < -0.4 is 16.4 Å². The molecule has 0 aromatic rings. The van der Waals surface area contributed by atoms with Crippen molar-refractivity contribution in [3.63, 3.8) is 0 Å². The first-order valence-corrected chi connectivity index (χ1v) is 7.28. The summed E-state index contributed by atoms with van der Waals surface area (Å²) < 4.78 is 0. The average Bonchev–Trinajstić information content (AvgIpc) is 2.38. The van der Waals surface area contributed by atoms with Crippen LogP contribution in [0.15, 0.2) is 0 Å². The largest absolute Gasteiger partial charge is 0.394 e. The molecule has 0 spiro atoms. The highest BCUT2D eigenvalue weighted by molar-refractivity contribution is 5.87. The molecule has 0 radical (unpaired) electrons. The molecule has 6 heteroatoms. The van der Waals surface area contributed by atoms with E-state index < -0.39 is 17.6 Å². The van der Waals surface area contributed by atoms with Crippen molar-refractivity contribution in [2.24, 2.45) is 17.6 Å². The molecule has 1 unspecified atom stereocenters. The molecule has 1 saturated carbocycles. The van der Waals surface area contributed by atoms with E-state index in [1.807, 2.05) is 13.8 Å². The van der Waals surface area contributed by atoms with Gasteiger partial charge in [0.05, 0.1) is 12.1 Å². The summed E-state index contributed by atoms with van der Waals surface area (Å²) in [5.41, 5.74) is 4.55. The van der Waals surface area contributed by atoms with Gasteiger partial charge in [0.2, 0.25) is 5.91 Å². The maximum Gasteiger partial charge on any atom is 0.312 e. The van der Waals surface area contributed by atoms with Crippen LogP contribution in [-0.2, 0) is 4.79 Å². The summed E-state index contributed by atoms with van der Waals surface area (Å²) in [6, 6.07) is -1.38. The van der Waals surface area contributed by atoms with Crippen LogP contribution in [-0.4, -0.2) is 35.2 Å². The van der Waals surface area contributed by atoms with E-state index in [1.165, 1.54) is 0 Å². The van der Waals surface area contributed by atoms with Crippen molar-refractivity contribution in [2.75, 3.05) is 6.61 Å². The van der Waals surface area contributed by atoms with Gasteiger partial charge in [-0.1, -0.05) is 20.8 Å². The Morgan fingerprint density at radius 1 is 1.35 bits per heavy atom. The fourth-order valence-electron chi connectivity index (χ4n) is 2.66. The van der Waals surface area contributed by atoms with E-state index in [0.29, 0.717) is 5.92 Å². The Labute approximate surface area is 120 Å². The minimum absolute atomic E-state index is 0.0687. The second-order valence-electron chi connectivity index (χ2n) is 6.34. The molecule has 0 heterocycles. The SMILES string of the molecule is CC1CCC(CO)(NC(=O)C(NC(N)=O)C(C)C)CC1. The number of carbonyl (C=O) groups excluding carboxylic acids is 2. The summed E-state index contributed by atoms with van der Waals surface area (Å²) in [4.78, 5) is 23.3. The molecule has 20 heavy (non-hydrogen) atoms. The second-order valence-corrected chi connectivity index (χ2v) is 6.34. The number of nitrogens with one attached hydrogen (secondary N) is 2. The molecule has 1 aliphatic carbocycles. The topological polar surface area (TPSA) is 104 Å². The van der Waals surface area contributed by atoms with Gasteiger partial charge in [0.1, 0.15) is 6.04 Å². The van der Waals surface area contributed by atoms with E-state index in [4.69, 9.17) is 5.73 Å².